The maximum Gasteiger partial charge on any atom is 0.163 e. The molecule has 1 aromatic rings. The highest BCUT2D eigenvalue weighted by molar-refractivity contribution is 7.91. The minimum Gasteiger partial charge on any atom is -0.309 e. The lowest BCUT2D eigenvalue weighted by Crippen LogP contribution is -2.26. The second-order valence-corrected chi connectivity index (χ2v) is 6.35. The van der Waals surface area contributed by atoms with E-state index in [0.29, 0.717) is 13.0 Å². The van der Waals surface area contributed by atoms with Gasteiger partial charge in [0.25, 0.3) is 0 Å². The van der Waals surface area contributed by atoms with Crippen LogP contribution in [-0.2, 0) is 9.84 Å². The van der Waals surface area contributed by atoms with Gasteiger partial charge >= 0.3 is 0 Å². The lowest BCUT2D eigenvalue weighted by molar-refractivity contribution is 0.475. The Kier molecular flexibility index (Phi) is 3.44. The van der Waals surface area contributed by atoms with E-state index in [-0.39, 0.29) is 17.1 Å². The molecule has 6 heteroatoms. The standard InChI is InChI=1S/C11H13F2NO2S/c12-9-4-1-3-8(11(9)13)10-7-17(15,16)6-2-5-14-10/h1,3-4,10,14H,2,5-7H2. The predicted octanol–water partition coefficient (Wildman–Crippen LogP) is 1.41. The number of halogens is 2. The van der Waals surface area contributed by atoms with E-state index in [1.54, 1.807) is 0 Å². The van der Waals surface area contributed by atoms with Crippen molar-refractivity contribution < 1.29 is 17.2 Å². The van der Waals surface area contributed by atoms with Gasteiger partial charge in [0.15, 0.2) is 21.5 Å². The van der Waals surface area contributed by atoms with E-state index in [1.807, 2.05) is 0 Å². The van der Waals surface area contributed by atoms with Crippen LogP contribution >= 0.6 is 0 Å². The van der Waals surface area contributed by atoms with Gasteiger partial charge in [0.1, 0.15) is 0 Å². The molecule has 2 rings (SSSR count). The zero-order valence-electron chi connectivity index (χ0n) is 9.12. The number of sulfone groups is 1. The fourth-order valence-electron chi connectivity index (χ4n) is 1.95. The summed E-state index contributed by atoms with van der Waals surface area (Å²) in [4.78, 5) is 0. The Labute approximate surface area is 98.8 Å². The van der Waals surface area contributed by atoms with Crippen molar-refractivity contribution >= 4 is 9.84 Å². The van der Waals surface area contributed by atoms with E-state index in [2.05, 4.69) is 5.32 Å². The van der Waals surface area contributed by atoms with E-state index >= 15 is 0 Å². The van der Waals surface area contributed by atoms with E-state index in [0.717, 1.165) is 6.07 Å². The van der Waals surface area contributed by atoms with Gasteiger partial charge in [0, 0.05) is 11.6 Å². The van der Waals surface area contributed by atoms with Crippen molar-refractivity contribution in [3.63, 3.8) is 0 Å². The van der Waals surface area contributed by atoms with Crippen LogP contribution in [0.4, 0.5) is 8.78 Å². The molecule has 0 saturated carbocycles. The topological polar surface area (TPSA) is 46.2 Å². The minimum atomic E-state index is -3.20. The smallest absolute Gasteiger partial charge is 0.163 e. The second kappa shape index (κ2) is 4.70. The first-order chi connectivity index (χ1) is 7.99. The summed E-state index contributed by atoms with van der Waals surface area (Å²) in [5.74, 6) is -2.02. The van der Waals surface area contributed by atoms with Gasteiger partial charge < -0.3 is 5.32 Å². The molecule has 0 bridgehead atoms. The van der Waals surface area contributed by atoms with Crippen LogP contribution in [0.1, 0.15) is 18.0 Å². The first-order valence-electron chi connectivity index (χ1n) is 5.37. The second-order valence-electron chi connectivity index (χ2n) is 4.12. The first-order valence-corrected chi connectivity index (χ1v) is 7.19. The van der Waals surface area contributed by atoms with Crippen LogP contribution in [0.15, 0.2) is 18.2 Å². The summed E-state index contributed by atoms with van der Waals surface area (Å²) < 4.78 is 49.8. The minimum absolute atomic E-state index is 0.0791. The molecule has 0 amide bonds. The molecule has 1 heterocycles. The van der Waals surface area contributed by atoms with Crippen LogP contribution in [0.5, 0.6) is 0 Å². The van der Waals surface area contributed by atoms with E-state index in [1.165, 1.54) is 12.1 Å². The van der Waals surface area contributed by atoms with Gasteiger partial charge in [-0.1, -0.05) is 12.1 Å². The largest absolute Gasteiger partial charge is 0.309 e. The molecule has 0 radical (unpaired) electrons. The third kappa shape index (κ3) is 2.81. The average molecular weight is 261 g/mol. The molecule has 1 aliphatic rings. The fraction of sp³-hybridized carbons (Fsp3) is 0.455. The molecule has 0 spiro atoms. The molecule has 1 saturated heterocycles. The Morgan fingerprint density at radius 2 is 2.06 bits per heavy atom. The number of hydrogen-bond donors (Lipinski definition) is 1. The molecule has 17 heavy (non-hydrogen) atoms. The summed E-state index contributed by atoms with van der Waals surface area (Å²) in [6, 6.07) is 3.15. The highest BCUT2D eigenvalue weighted by atomic mass is 32.2. The first kappa shape index (κ1) is 12.4. The number of rotatable bonds is 1. The van der Waals surface area contributed by atoms with Gasteiger partial charge in [0.2, 0.25) is 0 Å². The van der Waals surface area contributed by atoms with Gasteiger partial charge in [-0.25, -0.2) is 17.2 Å². The Balaban J connectivity index is 2.35. The monoisotopic (exact) mass is 261 g/mol. The van der Waals surface area contributed by atoms with Gasteiger partial charge in [-0.15, -0.1) is 0 Å². The molecule has 3 nitrogen and oxygen atoms in total. The molecule has 1 N–H and O–H groups in total. The van der Waals surface area contributed by atoms with Crippen LogP contribution in [-0.4, -0.2) is 26.5 Å². The molecule has 1 aliphatic heterocycles. The van der Waals surface area contributed by atoms with E-state index in [4.69, 9.17) is 0 Å². The number of benzene rings is 1. The quantitative estimate of drug-likeness (QED) is 0.831. The molecule has 0 aromatic heterocycles. The van der Waals surface area contributed by atoms with Crippen molar-refractivity contribution in [1.82, 2.24) is 5.32 Å². The van der Waals surface area contributed by atoms with Gasteiger partial charge in [-0.2, -0.15) is 0 Å². The normalized spacial score (nSPS) is 24.2. The number of hydrogen-bond acceptors (Lipinski definition) is 3. The molecule has 1 fully saturated rings. The third-order valence-corrected chi connectivity index (χ3v) is 4.55. The van der Waals surface area contributed by atoms with Crippen molar-refractivity contribution in [2.75, 3.05) is 18.1 Å². The number of nitrogens with one attached hydrogen (secondary N) is 1. The highest BCUT2D eigenvalue weighted by Crippen LogP contribution is 2.22. The average Bonchev–Trinajstić information content (AvgIpc) is 2.43. The molecule has 1 atom stereocenters. The Morgan fingerprint density at radius 1 is 1.29 bits per heavy atom. The third-order valence-electron chi connectivity index (χ3n) is 2.80. The van der Waals surface area contributed by atoms with Gasteiger partial charge in [0.05, 0.1) is 11.5 Å². The molecule has 1 unspecified atom stereocenters. The molecular weight excluding hydrogens is 248 g/mol. The predicted molar refractivity (Wildman–Crippen MR) is 60.4 cm³/mol. The Morgan fingerprint density at radius 3 is 2.82 bits per heavy atom. The van der Waals surface area contributed by atoms with Crippen LogP contribution in [0.2, 0.25) is 0 Å². The maximum absolute atomic E-state index is 13.6. The molecule has 0 aliphatic carbocycles. The highest BCUT2D eigenvalue weighted by Gasteiger charge is 2.26. The Hall–Kier alpha value is -1.01. The summed E-state index contributed by atoms with van der Waals surface area (Å²) in [5, 5.41) is 2.94. The SMILES string of the molecule is O=S1(=O)CCCNC(c2cccc(F)c2F)C1. The van der Waals surface area contributed by atoms with E-state index < -0.39 is 27.5 Å². The molecule has 94 valence electrons. The van der Waals surface area contributed by atoms with Gasteiger partial charge in [-0.05, 0) is 19.0 Å². The summed E-state index contributed by atoms with van der Waals surface area (Å²) in [6.45, 7) is 0.486. The van der Waals surface area contributed by atoms with Crippen LogP contribution in [0.25, 0.3) is 0 Å². The van der Waals surface area contributed by atoms with Crippen molar-refractivity contribution in [3.8, 4) is 0 Å². The van der Waals surface area contributed by atoms with Crippen molar-refractivity contribution in [3.05, 3.63) is 35.4 Å². The summed E-state index contributed by atoms with van der Waals surface area (Å²) >= 11 is 0. The fourth-order valence-corrected chi connectivity index (χ4v) is 3.51. The lowest BCUT2D eigenvalue weighted by Gasteiger charge is -2.16. The van der Waals surface area contributed by atoms with Crippen LogP contribution in [0, 0.1) is 11.6 Å². The zero-order chi connectivity index (χ0) is 12.5. The lowest BCUT2D eigenvalue weighted by atomic mass is 10.1. The Bertz CT molecular complexity index is 516. The maximum atomic E-state index is 13.6. The summed E-state index contributed by atoms with van der Waals surface area (Å²) in [7, 11) is -3.20. The summed E-state index contributed by atoms with van der Waals surface area (Å²) in [5.41, 5.74) is 0.0791. The summed E-state index contributed by atoms with van der Waals surface area (Å²) in [6.07, 6.45) is 0.496. The van der Waals surface area contributed by atoms with Crippen LogP contribution in [0.3, 0.4) is 0 Å². The van der Waals surface area contributed by atoms with Crippen molar-refractivity contribution in [2.45, 2.75) is 12.5 Å². The zero-order valence-corrected chi connectivity index (χ0v) is 9.93. The molecular formula is C11H13F2NO2S. The van der Waals surface area contributed by atoms with Gasteiger partial charge in [-0.3, -0.25) is 0 Å². The molecule has 1 aromatic carbocycles. The van der Waals surface area contributed by atoms with E-state index in [9.17, 15) is 17.2 Å². The van der Waals surface area contributed by atoms with Crippen LogP contribution < -0.4 is 5.32 Å². The van der Waals surface area contributed by atoms with Crippen molar-refractivity contribution in [1.29, 1.82) is 0 Å². The van der Waals surface area contributed by atoms with Crippen molar-refractivity contribution in [2.24, 2.45) is 0 Å².